The molecule has 2 heterocycles. The Morgan fingerprint density at radius 3 is 2.51 bits per heavy atom. The van der Waals surface area contributed by atoms with E-state index >= 15 is 0 Å². The van der Waals surface area contributed by atoms with Gasteiger partial charge in [0.2, 0.25) is 5.91 Å². The van der Waals surface area contributed by atoms with Crippen LogP contribution in [0.15, 0.2) is 48.5 Å². The summed E-state index contributed by atoms with van der Waals surface area (Å²) in [6, 6.07) is 15.4. The van der Waals surface area contributed by atoms with Gasteiger partial charge in [0.15, 0.2) is 0 Å². The van der Waals surface area contributed by atoms with Gasteiger partial charge in [0.25, 0.3) is 0 Å². The van der Waals surface area contributed by atoms with Gasteiger partial charge in [-0.25, -0.2) is 4.79 Å². The molecule has 2 amide bonds. The molecule has 1 fully saturated rings. The number of nitrogens with zero attached hydrogens (tertiary/aromatic N) is 2. The van der Waals surface area contributed by atoms with Crippen LogP contribution in [-0.4, -0.2) is 72.2 Å². The number of cyclic esters (lactones) is 1. The third-order valence-electron chi connectivity index (χ3n) is 7.16. The van der Waals surface area contributed by atoms with Crippen LogP contribution in [0.2, 0.25) is 0 Å². The molecule has 210 valence electrons. The van der Waals surface area contributed by atoms with Gasteiger partial charge in [-0.05, 0) is 62.9 Å². The molecule has 0 spiro atoms. The second-order valence-electron chi connectivity index (χ2n) is 10.6. The number of hydrogen-bond acceptors (Lipinski definition) is 7. The molecule has 9 heteroatoms. The number of amides is 2. The first-order chi connectivity index (χ1) is 18.7. The van der Waals surface area contributed by atoms with E-state index in [1.54, 1.807) is 0 Å². The van der Waals surface area contributed by atoms with Crippen molar-refractivity contribution >= 4 is 18.0 Å². The quantitative estimate of drug-likeness (QED) is 0.460. The van der Waals surface area contributed by atoms with E-state index in [1.807, 2.05) is 48.5 Å². The number of ether oxygens (including phenoxy) is 3. The van der Waals surface area contributed by atoms with Gasteiger partial charge in [0.1, 0.15) is 31.1 Å². The van der Waals surface area contributed by atoms with Crippen molar-refractivity contribution in [2.24, 2.45) is 0 Å². The number of nitrogens with one attached hydrogen (secondary N) is 1. The fraction of sp³-hybridized carbons (Fsp3) is 0.500. The zero-order chi connectivity index (χ0) is 27.9. The minimum absolute atomic E-state index is 0.0232. The van der Waals surface area contributed by atoms with E-state index in [0.717, 1.165) is 16.7 Å². The summed E-state index contributed by atoms with van der Waals surface area (Å²) >= 11 is 0. The molecule has 2 aliphatic heterocycles. The topological polar surface area (TPSA) is 97.4 Å². The highest BCUT2D eigenvalue weighted by Crippen LogP contribution is 2.33. The number of hydrogen-bond donors (Lipinski definition) is 1. The predicted octanol–water partition coefficient (Wildman–Crippen LogP) is 3.85. The largest absolute Gasteiger partial charge is 0.489 e. The Balaban J connectivity index is 1.50. The van der Waals surface area contributed by atoms with Crippen molar-refractivity contribution in [3.05, 3.63) is 65.2 Å². The first kappa shape index (κ1) is 28.4. The maximum absolute atomic E-state index is 13.6. The van der Waals surface area contributed by atoms with Gasteiger partial charge in [-0.1, -0.05) is 36.4 Å². The Bertz CT molecular complexity index is 1140. The number of carbonyl (C=O) groups is 3. The van der Waals surface area contributed by atoms with Crippen molar-refractivity contribution in [2.75, 3.05) is 26.2 Å². The lowest BCUT2D eigenvalue weighted by atomic mass is 9.92. The van der Waals surface area contributed by atoms with Crippen molar-refractivity contribution in [2.45, 2.75) is 71.4 Å². The van der Waals surface area contributed by atoms with Gasteiger partial charge in [-0.2, -0.15) is 0 Å². The molecule has 0 bridgehead atoms. The fourth-order valence-corrected chi connectivity index (χ4v) is 5.21. The lowest BCUT2D eigenvalue weighted by Crippen LogP contribution is -2.49. The van der Waals surface area contributed by atoms with Gasteiger partial charge < -0.3 is 19.5 Å². The average Bonchev–Trinajstić information content (AvgIpc) is 3.33. The Morgan fingerprint density at radius 2 is 1.85 bits per heavy atom. The number of carbonyl (C=O) groups excluding carboxylic acids is 3. The van der Waals surface area contributed by atoms with E-state index in [4.69, 9.17) is 14.2 Å². The SMILES string of the molecule is CC(C)N(CCNC(=O)C1c2ccc(OCc3ccccc3)cc2CCN1C(=O)OC1COC(=O)C1)C(C)C. The van der Waals surface area contributed by atoms with E-state index in [-0.39, 0.29) is 18.9 Å². The molecule has 2 atom stereocenters. The average molecular weight is 538 g/mol. The summed E-state index contributed by atoms with van der Waals surface area (Å²) in [6.07, 6.45) is -0.699. The van der Waals surface area contributed by atoms with Crippen LogP contribution < -0.4 is 10.1 Å². The molecular formula is C30H39N3O6. The number of fused-ring (bicyclic) bond motifs is 1. The molecule has 0 radical (unpaired) electrons. The number of esters is 1. The zero-order valence-electron chi connectivity index (χ0n) is 23.2. The Labute approximate surface area is 230 Å². The molecular weight excluding hydrogens is 498 g/mol. The highest BCUT2D eigenvalue weighted by molar-refractivity contribution is 5.88. The fourth-order valence-electron chi connectivity index (χ4n) is 5.21. The van der Waals surface area contributed by atoms with Crippen molar-refractivity contribution in [3.63, 3.8) is 0 Å². The van der Waals surface area contributed by atoms with E-state index in [0.29, 0.717) is 50.5 Å². The molecule has 1 N–H and O–H groups in total. The normalized spacial score (nSPS) is 18.7. The second kappa shape index (κ2) is 13.0. The summed E-state index contributed by atoms with van der Waals surface area (Å²) in [5.41, 5.74) is 2.76. The molecule has 0 saturated carbocycles. The summed E-state index contributed by atoms with van der Waals surface area (Å²) in [6.45, 7) is 10.4. The van der Waals surface area contributed by atoms with Gasteiger partial charge in [0.05, 0.1) is 6.42 Å². The van der Waals surface area contributed by atoms with E-state index in [1.165, 1.54) is 4.90 Å². The Hall–Kier alpha value is -3.59. The smallest absolute Gasteiger partial charge is 0.411 e. The minimum Gasteiger partial charge on any atom is -0.489 e. The molecule has 2 aromatic carbocycles. The zero-order valence-corrected chi connectivity index (χ0v) is 23.2. The van der Waals surface area contributed by atoms with Crippen LogP contribution in [0.1, 0.15) is 56.8 Å². The lowest BCUT2D eigenvalue weighted by molar-refractivity contribution is -0.138. The van der Waals surface area contributed by atoms with E-state index in [9.17, 15) is 14.4 Å². The van der Waals surface area contributed by atoms with Crippen LogP contribution in [0.5, 0.6) is 5.75 Å². The maximum Gasteiger partial charge on any atom is 0.411 e. The third-order valence-corrected chi connectivity index (χ3v) is 7.16. The second-order valence-corrected chi connectivity index (χ2v) is 10.6. The first-order valence-electron chi connectivity index (χ1n) is 13.7. The highest BCUT2D eigenvalue weighted by Gasteiger charge is 2.39. The van der Waals surface area contributed by atoms with Crippen LogP contribution in [0.3, 0.4) is 0 Å². The van der Waals surface area contributed by atoms with E-state index < -0.39 is 24.2 Å². The van der Waals surface area contributed by atoms with Crippen LogP contribution >= 0.6 is 0 Å². The van der Waals surface area contributed by atoms with Crippen molar-refractivity contribution < 1.29 is 28.6 Å². The van der Waals surface area contributed by atoms with Gasteiger partial charge in [-0.15, -0.1) is 0 Å². The summed E-state index contributed by atoms with van der Waals surface area (Å²) in [5, 5.41) is 3.04. The molecule has 0 aromatic heterocycles. The predicted molar refractivity (Wildman–Crippen MR) is 146 cm³/mol. The molecule has 0 aliphatic carbocycles. The molecule has 2 aromatic rings. The summed E-state index contributed by atoms with van der Waals surface area (Å²) in [4.78, 5) is 42.0. The molecule has 9 nitrogen and oxygen atoms in total. The Kier molecular flexibility index (Phi) is 9.45. The number of benzene rings is 2. The molecule has 39 heavy (non-hydrogen) atoms. The van der Waals surface area contributed by atoms with Gasteiger partial charge in [-0.3, -0.25) is 19.4 Å². The lowest BCUT2D eigenvalue weighted by Gasteiger charge is -2.36. The maximum atomic E-state index is 13.6. The van der Waals surface area contributed by atoms with Crippen molar-refractivity contribution in [1.29, 1.82) is 0 Å². The highest BCUT2D eigenvalue weighted by atomic mass is 16.6. The molecule has 4 rings (SSSR count). The van der Waals surface area contributed by atoms with E-state index in [2.05, 4.69) is 37.9 Å². The van der Waals surface area contributed by atoms with Crippen molar-refractivity contribution in [3.8, 4) is 5.75 Å². The van der Waals surface area contributed by atoms with Crippen molar-refractivity contribution in [1.82, 2.24) is 15.1 Å². The first-order valence-corrected chi connectivity index (χ1v) is 13.7. The van der Waals surface area contributed by atoms with Gasteiger partial charge >= 0.3 is 12.1 Å². The summed E-state index contributed by atoms with van der Waals surface area (Å²) < 4.78 is 16.5. The monoisotopic (exact) mass is 537 g/mol. The molecule has 2 aliphatic rings. The van der Waals surface area contributed by atoms with Crippen LogP contribution in [-0.2, 0) is 32.1 Å². The van der Waals surface area contributed by atoms with Gasteiger partial charge in [0, 0.05) is 31.7 Å². The number of rotatable bonds is 10. The standard InChI is InChI=1S/C30H39N3O6/c1-20(2)32(21(3)4)15-13-31-29(35)28-26-11-10-24(37-18-22-8-6-5-7-9-22)16-23(26)12-14-33(28)30(36)39-25-17-27(34)38-19-25/h5-11,16,20-21,25,28H,12-15,17-19H2,1-4H3,(H,31,35). The summed E-state index contributed by atoms with van der Waals surface area (Å²) in [5.74, 6) is 0.0463. The minimum atomic E-state index is -0.853. The molecule has 1 saturated heterocycles. The van der Waals surface area contributed by atoms with Crippen LogP contribution in [0.4, 0.5) is 4.79 Å². The van der Waals surface area contributed by atoms with Crippen LogP contribution in [0, 0.1) is 0 Å². The van der Waals surface area contributed by atoms with Crippen LogP contribution in [0.25, 0.3) is 0 Å². The summed E-state index contributed by atoms with van der Waals surface area (Å²) in [7, 11) is 0. The molecule has 2 unspecified atom stereocenters. The third kappa shape index (κ3) is 7.29. The Morgan fingerprint density at radius 1 is 1.10 bits per heavy atom.